The normalized spacial score (nSPS) is 16.7. The van der Waals surface area contributed by atoms with Crippen LogP contribution in [0.4, 0.5) is 5.69 Å². The van der Waals surface area contributed by atoms with Gasteiger partial charge in [0, 0.05) is 22.3 Å². The minimum absolute atomic E-state index is 0.357. The van der Waals surface area contributed by atoms with E-state index in [-0.39, 0.29) is 0 Å². The largest absolute Gasteiger partial charge is 0.492 e. The standard InChI is InChI=1S/C19H19Cl2NO/c1-12-3-5-18-15(9-12)10-14(13(2)22-18)7-8-23-19-6-4-16(20)11-17(19)21/h3-6,9,11,14,22H,2,7-8,10H2,1H3. The second kappa shape index (κ2) is 6.86. The average molecular weight is 348 g/mol. The molecule has 23 heavy (non-hydrogen) atoms. The summed E-state index contributed by atoms with van der Waals surface area (Å²) in [7, 11) is 0. The third kappa shape index (κ3) is 3.82. The number of benzene rings is 2. The summed E-state index contributed by atoms with van der Waals surface area (Å²) < 4.78 is 5.80. The van der Waals surface area contributed by atoms with Gasteiger partial charge in [-0.1, -0.05) is 47.5 Å². The van der Waals surface area contributed by atoms with Gasteiger partial charge in [0.15, 0.2) is 0 Å². The number of allylic oxidation sites excluding steroid dienone is 1. The quantitative estimate of drug-likeness (QED) is 0.746. The van der Waals surface area contributed by atoms with Crippen molar-refractivity contribution in [1.29, 1.82) is 0 Å². The van der Waals surface area contributed by atoms with Crippen LogP contribution in [0.5, 0.6) is 5.75 Å². The number of fused-ring (bicyclic) bond motifs is 1. The zero-order valence-corrected chi connectivity index (χ0v) is 14.5. The Kier molecular flexibility index (Phi) is 4.84. The van der Waals surface area contributed by atoms with Crippen molar-refractivity contribution in [3.63, 3.8) is 0 Å². The molecule has 0 aliphatic carbocycles. The van der Waals surface area contributed by atoms with Crippen LogP contribution in [0.25, 0.3) is 0 Å². The predicted octanol–water partition coefficient (Wildman–Crippen LogP) is 5.87. The Labute approximate surface area is 147 Å². The molecule has 0 aromatic heterocycles. The van der Waals surface area contributed by atoms with Gasteiger partial charge in [-0.15, -0.1) is 0 Å². The van der Waals surface area contributed by atoms with Gasteiger partial charge >= 0.3 is 0 Å². The maximum Gasteiger partial charge on any atom is 0.137 e. The van der Waals surface area contributed by atoms with Crippen molar-refractivity contribution in [3.8, 4) is 5.75 Å². The van der Waals surface area contributed by atoms with Crippen molar-refractivity contribution < 1.29 is 4.74 Å². The van der Waals surface area contributed by atoms with E-state index in [2.05, 4.69) is 37.0 Å². The minimum Gasteiger partial charge on any atom is -0.492 e. The Morgan fingerprint density at radius 1 is 1.22 bits per heavy atom. The van der Waals surface area contributed by atoms with Crippen molar-refractivity contribution >= 4 is 28.9 Å². The molecule has 0 saturated heterocycles. The summed E-state index contributed by atoms with van der Waals surface area (Å²) in [6.45, 7) is 6.87. The maximum atomic E-state index is 6.12. The molecular weight excluding hydrogens is 329 g/mol. The monoisotopic (exact) mass is 347 g/mol. The number of hydrogen-bond acceptors (Lipinski definition) is 2. The Morgan fingerprint density at radius 2 is 2.04 bits per heavy atom. The molecule has 120 valence electrons. The van der Waals surface area contributed by atoms with Gasteiger partial charge in [0.1, 0.15) is 5.75 Å². The summed E-state index contributed by atoms with van der Waals surface area (Å²) in [5.74, 6) is 1.03. The van der Waals surface area contributed by atoms with E-state index in [4.69, 9.17) is 27.9 Å². The number of anilines is 1. The van der Waals surface area contributed by atoms with E-state index < -0.39 is 0 Å². The van der Waals surface area contributed by atoms with E-state index in [1.807, 2.05) is 0 Å². The molecule has 0 spiro atoms. The molecule has 1 heterocycles. The van der Waals surface area contributed by atoms with E-state index >= 15 is 0 Å². The highest BCUT2D eigenvalue weighted by atomic mass is 35.5. The van der Waals surface area contributed by atoms with Crippen molar-refractivity contribution in [2.45, 2.75) is 19.8 Å². The number of halogens is 2. The fraction of sp³-hybridized carbons (Fsp3) is 0.263. The van der Waals surface area contributed by atoms with Crippen molar-refractivity contribution in [2.75, 3.05) is 11.9 Å². The molecule has 2 aromatic rings. The molecule has 2 aromatic carbocycles. The van der Waals surface area contributed by atoms with Gasteiger partial charge in [-0.05, 0) is 49.6 Å². The van der Waals surface area contributed by atoms with Gasteiger partial charge in [0.25, 0.3) is 0 Å². The molecule has 0 amide bonds. The topological polar surface area (TPSA) is 21.3 Å². The molecule has 4 heteroatoms. The van der Waals surface area contributed by atoms with Gasteiger partial charge in [0.2, 0.25) is 0 Å². The van der Waals surface area contributed by atoms with Crippen molar-refractivity contribution in [2.24, 2.45) is 5.92 Å². The van der Waals surface area contributed by atoms with E-state index in [1.54, 1.807) is 18.2 Å². The number of rotatable bonds is 4. The van der Waals surface area contributed by atoms with E-state index in [9.17, 15) is 0 Å². The number of ether oxygens (including phenoxy) is 1. The van der Waals surface area contributed by atoms with E-state index in [0.29, 0.717) is 28.3 Å². The first-order chi connectivity index (χ1) is 11.0. The Hall–Kier alpha value is -1.64. The molecule has 1 aliphatic rings. The highest BCUT2D eigenvalue weighted by molar-refractivity contribution is 6.35. The second-order valence-corrected chi connectivity index (χ2v) is 6.77. The first-order valence-electron chi connectivity index (χ1n) is 7.66. The Balaban J connectivity index is 1.61. The Bertz CT molecular complexity index is 742. The number of aryl methyl sites for hydroxylation is 1. The number of hydrogen-bond donors (Lipinski definition) is 1. The fourth-order valence-electron chi connectivity index (χ4n) is 2.86. The second-order valence-electron chi connectivity index (χ2n) is 5.92. The summed E-state index contributed by atoms with van der Waals surface area (Å²) in [6.07, 6.45) is 1.87. The summed E-state index contributed by atoms with van der Waals surface area (Å²) in [5, 5.41) is 4.56. The molecule has 1 aliphatic heterocycles. The first kappa shape index (κ1) is 16.2. The van der Waals surface area contributed by atoms with Crippen molar-refractivity contribution in [1.82, 2.24) is 0 Å². The molecule has 1 N–H and O–H groups in total. The summed E-state index contributed by atoms with van der Waals surface area (Å²) in [4.78, 5) is 0. The van der Waals surface area contributed by atoms with Crippen LogP contribution in [0.1, 0.15) is 17.5 Å². The first-order valence-corrected chi connectivity index (χ1v) is 8.42. The van der Waals surface area contributed by atoms with Crippen LogP contribution >= 0.6 is 23.2 Å². The number of nitrogens with one attached hydrogen (secondary N) is 1. The van der Waals surface area contributed by atoms with Gasteiger partial charge < -0.3 is 10.1 Å². The molecule has 0 fully saturated rings. The van der Waals surface area contributed by atoms with Crippen LogP contribution in [0.2, 0.25) is 10.0 Å². The maximum absolute atomic E-state index is 6.12. The zero-order chi connectivity index (χ0) is 16.4. The molecule has 0 saturated carbocycles. The van der Waals surface area contributed by atoms with Gasteiger partial charge in [-0.2, -0.15) is 0 Å². The lowest BCUT2D eigenvalue weighted by atomic mass is 9.88. The lowest BCUT2D eigenvalue weighted by Crippen LogP contribution is -2.22. The summed E-state index contributed by atoms with van der Waals surface area (Å²) in [5.41, 5.74) is 4.83. The predicted molar refractivity (Wildman–Crippen MR) is 97.7 cm³/mol. The third-order valence-corrected chi connectivity index (χ3v) is 4.66. The molecule has 2 nitrogen and oxygen atoms in total. The van der Waals surface area contributed by atoms with Crippen LogP contribution in [-0.2, 0) is 6.42 Å². The molecule has 1 unspecified atom stereocenters. The fourth-order valence-corrected chi connectivity index (χ4v) is 3.32. The molecule has 0 bridgehead atoms. The average Bonchev–Trinajstić information content (AvgIpc) is 2.50. The zero-order valence-electron chi connectivity index (χ0n) is 13.0. The minimum atomic E-state index is 0.357. The van der Waals surface area contributed by atoms with Crippen LogP contribution in [-0.4, -0.2) is 6.61 Å². The van der Waals surface area contributed by atoms with Crippen LogP contribution in [0.15, 0.2) is 48.7 Å². The van der Waals surface area contributed by atoms with Gasteiger partial charge in [-0.25, -0.2) is 0 Å². The summed E-state index contributed by atoms with van der Waals surface area (Å²) in [6, 6.07) is 11.7. The lowest BCUT2D eigenvalue weighted by Gasteiger charge is -2.28. The van der Waals surface area contributed by atoms with E-state index in [1.165, 1.54) is 16.8 Å². The van der Waals surface area contributed by atoms with Crippen LogP contribution in [0.3, 0.4) is 0 Å². The van der Waals surface area contributed by atoms with Crippen molar-refractivity contribution in [3.05, 3.63) is 69.8 Å². The van der Waals surface area contributed by atoms with Crippen LogP contribution < -0.4 is 10.1 Å². The van der Waals surface area contributed by atoms with Gasteiger partial charge in [-0.3, -0.25) is 0 Å². The van der Waals surface area contributed by atoms with Crippen LogP contribution in [0, 0.1) is 12.8 Å². The lowest BCUT2D eigenvalue weighted by molar-refractivity contribution is 0.287. The summed E-state index contributed by atoms with van der Waals surface area (Å²) >= 11 is 12.0. The molecule has 3 rings (SSSR count). The highest BCUT2D eigenvalue weighted by Crippen LogP contribution is 2.33. The molecular formula is C19H19Cl2NO. The van der Waals surface area contributed by atoms with E-state index in [0.717, 1.165) is 18.5 Å². The smallest absolute Gasteiger partial charge is 0.137 e. The van der Waals surface area contributed by atoms with Gasteiger partial charge in [0.05, 0.1) is 11.6 Å². The molecule has 0 radical (unpaired) electrons. The highest BCUT2D eigenvalue weighted by Gasteiger charge is 2.21. The Morgan fingerprint density at radius 3 is 2.83 bits per heavy atom. The SMILES string of the molecule is C=C1Nc2ccc(C)cc2CC1CCOc1ccc(Cl)cc1Cl. The molecule has 1 atom stereocenters. The third-order valence-electron chi connectivity index (χ3n) is 4.13.